The molecule has 0 aliphatic carbocycles. The zero-order valence-corrected chi connectivity index (χ0v) is 9.45. The molecule has 1 aromatic rings. The zero-order valence-electron chi connectivity index (χ0n) is 8.69. The monoisotopic (exact) mass is 225 g/mol. The lowest BCUT2D eigenvalue weighted by Gasteiger charge is -2.26. The van der Waals surface area contributed by atoms with E-state index in [0.29, 0.717) is 6.04 Å². The number of benzene rings is 1. The third kappa shape index (κ3) is 2.44. The first-order valence-corrected chi connectivity index (χ1v) is 5.82. The molecule has 82 valence electrons. The van der Waals surface area contributed by atoms with Gasteiger partial charge in [-0.2, -0.15) is 0 Å². The Morgan fingerprint density at radius 2 is 2.07 bits per heavy atom. The quantitative estimate of drug-likeness (QED) is 0.855. The molecule has 1 fully saturated rings. The first-order valence-electron chi connectivity index (χ1n) is 5.44. The lowest BCUT2D eigenvalue weighted by Crippen LogP contribution is -2.29. The van der Waals surface area contributed by atoms with Gasteiger partial charge in [0, 0.05) is 29.9 Å². The van der Waals surface area contributed by atoms with Crippen LogP contribution in [0.3, 0.4) is 0 Å². The maximum atomic E-state index is 8.99. The van der Waals surface area contributed by atoms with Crippen LogP contribution < -0.4 is 4.90 Å². The first kappa shape index (κ1) is 10.8. The molecule has 3 heteroatoms. The number of anilines is 1. The van der Waals surface area contributed by atoms with Crippen molar-refractivity contribution in [1.82, 2.24) is 0 Å². The first-order chi connectivity index (χ1) is 7.31. The van der Waals surface area contributed by atoms with E-state index in [2.05, 4.69) is 17.0 Å². The summed E-state index contributed by atoms with van der Waals surface area (Å²) in [5.74, 6) is 0. The molecule has 1 heterocycles. The smallest absolute Gasteiger partial charge is 0.0450 e. The van der Waals surface area contributed by atoms with Crippen molar-refractivity contribution >= 4 is 17.3 Å². The summed E-state index contributed by atoms with van der Waals surface area (Å²) < 4.78 is 0. The van der Waals surface area contributed by atoms with Gasteiger partial charge in [0.15, 0.2) is 0 Å². The zero-order chi connectivity index (χ0) is 10.7. The van der Waals surface area contributed by atoms with Crippen molar-refractivity contribution in [3.63, 3.8) is 0 Å². The van der Waals surface area contributed by atoms with Crippen LogP contribution in [0.5, 0.6) is 0 Å². The summed E-state index contributed by atoms with van der Waals surface area (Å²) in [4.78, 5) is 2.37. The summed E-state index contributed by atoms with van der Waals surface area (Å²) in [5.41, 5.74) is 1.22. The molecule has 1 unspecified atom stereocenters. The normalized spacial score (nSPS) is 20.9. The van der Waals surface area contributed by atoms with E-state index in [-0.39, 0.29) is 6.61 Å². The molecule has 0 amide bonds. The van der Waals surface area contributed by atoms with Gasteiger partial charge in [-0.05, 0) is 43.5 Å². The summed E-state index contributed by atoms with van der Waals surface area (Å²) in [7, 11) is 0. The number of aliphatic hydroxyl groups excluding tert-OH is 1. The highest BCUT2D eigenvalue weighted by atomic mass is 35.5. The van der Waals surface area contributed by atoms with Crippen LogP contribution in [0.4, 0.5) is 5.69 Å². The summed E-state index contributed by atoms with van der Waals surface area (Å²) in [6, 6.07) is 8.45. The Hall–Kier alpha value is -0.730. The minimum absolute atomic E-state index is 0.273. The Morgan fingerprint density at radius 3 is 2.73 bits per heavy atom. The van der Waals surface area contributed by atoms with Crippen LogP contribution in [0, 0.1) is 0 Å². The Morgan fingerprint density at radius 1 is 1.33 bits per heavy atom. The third-order valence-electron chi connectivity index (χ3n) is 3.00. The molecule has 1 saturated heterocycles. The molecule has 15 heavy (non-hydrogen) atoms. The topological polar surface area (TPSA) is 23.5 Å². The van der Waals surface area contributed by atoms with E-state index in [1.165, 1.54) is 18.5 Å². The van der Waals surface area contributed by atoms with Crippen LogP contribution in [-0.2, 0) is 0 Å². The molecule has 0 bridgehead atoms. The molecule has 1 N–H and O–H groups in total. The van der Waals surface area contributed by atoms with Gasteiger partial charge in [-0.15, -0.1) is 0 Å². The molecule has 2 rings (SSSR count). The van der Waals surface area contributed by atoms with Gasteiger partial charge in [-0.1, -0.05) is 11.6 Å². The molecule has 0 aromatic heterocycles. The van der Waals surface area contributed by atoms with Gasteiger partial charge in [-0.3, -0.25) is 0 Å². The Kier molecular flexibility index (Phi) is 3.49. The van der Waals surface area contributed by atoms with Crippen LogP contribution in [0.15, 0.2) is 24.3 Å². The second-order valence-electron chi connectivity index (χ2n) is 3.98. The van der Waals surface area contributed by atoms with Crippen molar-refractivity contribution in [3.8, 4) is 0 Å². The van der Waals surface area contributed by atoms with E-state index in [1.54, 1.807) is 0 Å². The second kappa shape index (κ2) is 4.86. The predicted octanol–water partition coefficient (Wildman–Crippen LogP) is 2.69. The summed E-state index contributed by atoms with van der Waals surface area (Å²) in [6.07, 6.45) is 3.26. The Balaban J connectivity index is 2.11. The summed E-state index contributed by atoms with van der Waals surface area (Å²) in [5, 5.41) is 9.76. The van der Waals surface area contributed by atoms with Crippen molar-refractivity contribution in [2.45, 2.75) is 25.3 Å². The van der Waals surface area contributed by atoms with Crippen molar-refractivity contribution in [2.75, 3.05) is 18.1 Å². The molecule has 2 nitrogen and oxygen atoms in total. The Bertz CT molecular complexity index is 312. The number of aliphatic hydroxyl groups is 1. The van der Waals surface area contributed by atoms with E-state index in [1.807, 2.05) is 12.1 Å². The van der Waals surface area contributed by atoms with E-state index in [4.69, 9.17) is 16.7 Å². The molecule has 1 aliphatic rings. The van der Waals surface area contributed by atoms with Gasteiger partial charge in [0.05, 0.1) is 0 Å². The van der Waals surface area contributed by atoms with Gasteiger partial charge in [-0.25, -0.2) is 0 Å². The number of nitrogens with zero attached hydrogens (tertiary/aromatic N) is 1. The third-order valence-corrected chi connectivity index (χ3v) is 3.25. The maximum Gasteiger partial charge on any atom is 0.0450 e. The summed E-state index contributed by atoms with van der Waals surface area (Å²) in [6.45, 7) is 1.36. The SMILES string of the molecule is OCCC1CCCN1c1ccc(Cl)cc1. The molecule has 1 atom stereocenters. The molecule has 1 aromatic carbocycles. The lowest BCUT2D eigenvalue weighted by molar-refractivity contribution is 0.276. The molecular formula is C12H16ClNO. The van der Waals surface area contributed by atoms with Crippen molar-refractivity contribution in [3.05, 3.63) is 29.3 Å². The molecule has 0 saturated carbocycles. The summed E-state index contributed by atoms with van der Waals surface area (Å²) >= 11 is 5.86. The van der Waals surface area contributed by atoms with Gasteiger partial charge in [0.2, 0.25) is 0 Å². The van der Waals surface area contributed by atoms with Crippen LogP contribution in [-0.4, -0.2) is 24.3 Å². The average Bonchev–Trinajstić information content (AvgIpc) is 2.68. The number of rotatable bonds is 3. The second-order valence-corrected chi connectivity index (χ2v) is 4.41. The fraction of sp³-hybridized carbons (Fsp3) is 0.500. The van der Waals surface area contributed by atoms with Crippen LogP contribution >= 0.6 is 11.6 Å². The highest BCUT2D eigenvalue weighted by Gasteiger charge is 2.23. The molecule has 0 spiro atoms. The molecular weight excluding hydrogens is 210 g/mol. The maximum absolute atomic E-state index is 8.99. The number of hydrogen-bond acceptors (Lipinski definition) is 2. The number of hydrogen-bond donors (Lipinski definition) is 1. The highest BCUT2D eigenvalue weighted by molar-refractivity contribution is 6.30. The van der Waals surface area contributed by atoms with Crippen molar-refractivity contribution in [1.29, 1.82) is 0 Å². The van der Waals surface area contributed by atoms with Gasteiger partial charge >= 0.3 is 0 Å². The van der Waals surface area contributed by atoms with Crippen LogP contribution in [0.2, 0.25) is 5.02 Å². The Labute approximate surface area is 95.5 Å². The van der Waals surface area contributed by atoms with E-state index in [9.17, 15) is 0 Å². The van der Waals surface area contributed by atoms with E-state index in [0.717, 1.165) is 18.0 Å². The van der Waals surface area contributed by atoms with Crippen LogP contribution in [0.25, 0.3) is 0 Å². The largest absolute Gasteiger partial charge is 0.396 e. The average molecular weight is 226 g/mol. The van der Waals surface area contributed by atoms with Crippen molar-refractivity contribution in [2.24, 2.45) is 0 Å². The van der Waals surface area contributed by atoms with Crippen LogP contribution in [0.1, 0.15) is 19.3 Å². The molecule has 1 aliphatic heterocycles. The highest BCUT2D eigenvalue weighted by Crippen LogP contribution is 2.27. The van der Waals surface area contributed by atoms with E-state index >= 15 is 0 Å². The predicted molar refractivity (Wildman–Crippen MR) is 63.5 cm³/mol. The fourth-order valence-electron chi connectivity index (χ4n) is 2.26. The number of halogens is 1. The lowest BCUT2D eigenvalue weighted by atomic mass is 10.1. The van der Waals surface area contributed by atoms with Gasteiger partial charge in [0.1, 0.15) is 0 Å². The van der Waals surface area contributed by atoms with E-state index < -0.39 is 0 Å². The van der Waals surface area contributed by atoms with Crippen molar-refractivity contribution < 1.29 is 5.11 Å². The fourth-order valence-corrected chi connectivity index (χ4v) is 2.38. The minimum atomic E-state index is 0.273. The van der Waals surface area contributed by atoms with Gasteiger partial charge < -0.3 is 10.0 Å². The standard InChI is InChI=1S/C12H16ClNO/c13-10-3-5-12(6-4-10)14-8-1-2-11(14)7-9-15/h3-6,11,15H,1-2,7-9H2. The minimum Gasteiger partial charge on any atom is -0.396 e. The molecule has 0 radical (unpaired) electrons. The van der Waals surface area contributed by atoms with Gasteiger partial charge in [0.25, 0.3) is 0 Å².